The van der Waals surface area contributed by atoms with E-state index >= 15 is 0 Å². The summed E-state index contributed by atoms with van der Waals surface area (Å²) >= 11 is 0. The van der Waals surface area contributed by atoms with Crippen LogP contribution in [0.3, 0.4) is 0 Å². The zero-order valence-corrected chi connectivity index (χ0v) is 11.2. The van der Waals surface area contributed by atoms with E-state index in [-0.39, 0.29) is 6.04 Å². The average Bonchev–Trinajstić information content (AvgIpc) is 2.98. The first-order chi connectivity index (χ1) is 9.36. The van der Waals surface area contributed by atoms with Crippen LogP contribution in [-0.2, 0) is 4.74 Å². The van der Waals surface area contributed by atoms with Gasteiger partial charge in [0, 0.05) is 19.1 Å². The SMILES string of the molecule is C[C@@H](c1ccccc1)n1cnnc1C1CCOCC1. The Morgan fingerprint density at radius 1 is 1.21 bits per heavy atom. The average molecular weight is 257 g/mol. The summed E-state index contributed by atoms with van der Waals surface area (Å²) in [4.78, 5) is 0. The number of benzene rings is 1. The predicted molar refractivity (Wildman–Crippen MR) is 73.1 cm³/mol. The van der Waals surface area contributed by atoms with Crippen LogP contribution >= 0.6 is 0 Å². The van der Waals surface area contributed by atoms with Gasteiger partial charge in [0.2, 0.25) is 0 Å². The predicted octanol–water partition coefficient (Wildman–Crippen LogP) is 2.78. The maximum Gasteiger partial charge on any atom is 0.136 e. The van der Waals surface area contributed by atoms with Crippen molar-refractivity contribution in [2.45, 2.75) is 31.7 Å². The highest BCUT2D eigenvalue weighted by molar-refractivity contribution is 5.20. The molecule has 0 amide bonds. The Balaban J connectivity index is 1.87. The van der Waals surface area contributed by atoms with E-state index in [0.29, 0.717) is 5.92 Å². The molecule has 3 rings (SSSR count). The van der Waals surface area contributed by atoms with Crippen molar-refractivity contribution in [1.82, 2.24) is 14.8 Å². The fourth-order valence-corrected chi connectivity index (χ4v) is 2.69. The first kappa shape index (κ1) is 12.4. The molecule has 0 saturated carbocycles. The van der Waals surface area contributed by atoms with Crippen LogP contribution in [0.25, 0.3) is 0 Å². The maximum absolute atomic E-state index is 5.43. The van der Waals surface area contributed by atoms with Crippen LogP contribution in [0.2, 0.25) is 0 Å². The minimum absolute atomic E-state index is 0.272. The Labute approximate surface area is 113 Å². The van der Waals surface area contributed by atoms with Crippen molar-refractivity contribution in [3.8, 4) is 0 Å². The molecule has 0 spiro atoms. The Kier molecular flexibility index (Phi) is 3.60. The molecule has 4 nitrogen and oxygen atoms in total. The van der Waals surface area contributed by atoms with Gasteiger partial charge >= 0.3 is 0 Å². The highest BCUT2D eigenvalue weighted by Crippen LogP contribution is 2.28. The van der Waals surface area contributed by atoms with E-state index in [4.69, 9.17) is 4.74 Å². The largest absolute Gasteiger partial charge is 0.381 e. The summed E-state index contributed by atoms with van der Waals surface area (Å²) in [6.45, 7) is 3.86. The van der Waals surface area contributed by atoms with Crippen LogP contribution in [0.1, 0.15) is 43.1 Å². The molecule has 2 heterocycles. The number of rotatable bonds is 3. The molecule has 0 radical (unpaired) electrons. The zero-order valence-electron chi connectivity index (χ0n) is 11.2. The third-order valence-corrected chi connectivity index (χ3v) is 3.89. The van der Waals surface area contributed by atoms with Gasteiger partial charge in [-0.15, -0.1) is 10.2 Å². The molecule has 1 aromatic heterocycles. The minimum Gasteiger partial charge on any atom is -0.381 e. The van der Waals surface area contributed by atoms with Crippen molar-refractivity contribution >= 4 is 0 Å². The molecule has 1 fully saturated rings. The van der Waals surface area contributed by atoms with Gasteiger partial charge in [-0.3, -0.25) is 0 Å². The summed E-state index contributed by atoms with van der Waals surface area (Å²) < 4.78 is 7.63. The molecule has 2 aromatic rings. The van der Waals surface area contributed by atoms with Crippen LogP contribution in [0.5, 0.6) is 0 Å². The first-order valence-electron chi connectivity index (χ1n) is 6.88. The summed E-state index contributed by atoms with van der Waals surface area (Å²) in [5, 5.41) is 8.46. The quantitative estimate of drug-likeness (QED) is 0.849. The number of hydrogen-bond acceptors (Lipinski definition) is 3. The van der Waals surface area contributed by atoms with Crippen molar-refractivity contribution in [2.24, 2.45) is 0 Å². The highest BCUT2D eigenvalue weighted by Gasteiger charge is 2.23. The summed E-state index contributed by atoms with van der Waals surface area (Å²) in [6, 6.07) is 10.8. The zero-order chi connectivity index (χ0) is 13.1. The summed E-state index contributed by atoms with van der Waals surface area (Å²) in [5.41, 5.74) is 1.29. The van der Waals surface area contributed by atoms with Gasteiger partial charge in [0.25, 0.3) is 0 Å². The molecular formula is C15H19N3O. The second kappa shape index (κ2) is 5.53. The van der Waals surface area contributed by atoms with E-state index in [2.05, 4.69) is 46.0 Å². The molecule has 4 heteroatoms. The monoisotopic (exact) mass is 257 g/mol. The second-order valence-electron chi connectivity index (χ2n) is 5.07. The lowest BCUT2D eigenvalue weighted by molar-refractivity contribution is 0.0826. The van der Waals surface area contributed by atoms with Crippen LogP contribution in [0.15, 0.2) is 36.7 Å². The molecule has 1 saturated heterocycles. The first-order valence-corrected chi connectivity index (χ1v) is 6.88. The van der Waals surface area contributed by atoms with Crippen LogP contribution in [0.4, 0.5) is 0 Å². The van der Waals surface area contributed by atoms with Crippen molar-refractivity contribution in [2.75, 3.05) is 13.2 Å². The number of ether oxygens (including phenoxy) is 1. The van der Waals surface area contributed by atoms with Gasteiger partial charge in [-0.05, 0) is 25.3 Å². The van der Waals surface area contributed by atoms with E-state index < -0.39 is 0 Å². The Bertz CT molecular complexity index is 517. The van der Waals surface area contributed by atoms with Crippen molar-refractivity contribution in [1.29, 1.82) is 0 Å². The molecule has 0 bridgehead atoms. The van der Waals surface area contributed by atoms with E-state index in [1.165, 1.54) is 5.56 Å². The Morgan fingerprint density at radius 3 is 2.68 bits per heavy atom. The molecule has 100 valence electrons. The fraction of sp³-hybridized carbons (Fsp3) is 0.467. The van der Waals surface area contributed by atoms with Crippen LogP contribution < -0.4 is 0 Å². The topological polar surface area (TPSA) is 39.9 Å². The lowest BCUT2D eigenvalue weighted by Gasteiger charge is -2.24. The van der Waals surface area contributed by atoms with Gasteiger partial charge in [-0.1, -0.05) is 30.3 Å². The molecule has 1 aromatic carbocycles. The summed E-state index contributed by atoms with van der Waals surface area (Å²) in [7, 11) is 0. The highest BCUT2D eigenvalue weighted by atomic mass is 16.5. The smallest absolute Gasteiger partial charge is 0.136 e. The molecule has 0 N–H and O–H groups in total. The van der Waals surface area contributed by atoms with Gasteiger partial charge < -0.3 is 9.30 Å². The molecule has 0 unspecified atom stereocenters. The van der Waals surface area contributed by atoms with Gasteiger partial charge in [-0.2, -0.15) is 0 Å². The lowest BCUT2D eigenvalue weighted by Crippen LogP contribution is -2.19. The van der Waals surface area contributed by atoms with Gasteiger partial charge in [0.1, 0.15) is 12.2 Å². The van der Waals surface area contributed by atoms with Gasteiger partial charge in [0.15, 0.2) is 0 Å². The molecule has 0 aliphatic carbocycles. The van der Waals surface area contributed by atoms with Crippen molar-refractivity contribution < 1.29 is 4.74 Å². The molecule has 1 aliphatic heterocycles. The molecular weight excluding hydrogens is 238 g/mol. The normalized spacial score (nSPS) is 18.4. The third kappa shape index (κ3) is 2.54. The molecule has 1 aliphatic rings. The Morgan fingerprint density at radius 2 is 1.95 bits per heavy atom. The van der Waals surface area contributed by atoms with Crippen LogP contribution in [0, 0.1) is 0 Å². The summed E-state index contributed by atoms with van der Waals surface area (Å²) in [6.07, 6.45) is 3.93. The number of aromatic nitrogens is 3. The van der Waals surface area contributed by atoms with Gasteiger partial charge in [-0.25, -0.2) is 0 Å². The van der Waals surface area contributed by atoms with Gasteiger partial charge in [0.05, 0.1) is 6.04 Å². The van der Waals surface area contributed by atoms with Crippen molar-refractivity contribution in [3.05, 3.63) is 48.0 Å². The standard InChI is InChI=1S/C15H19N3O/c1-12(13-5-3-2-4-6-13)18-11-16-17-15(18)14-7-9-19-10-8-14/h2-6,11-12,14H,7-10H2,1H3/t12-/m0/s1. The maximum atomic E-state index is 5.43. The number of hydrogen-bond donors (Lipinski definition) is 0. The number of nitrogens with zero attached hydrogens (tertiary/aromatic N) is 3. The fourth-order valence-electron chi connectivity index (χ4n) is 2.69. The Hall–Kier alpha value is -1.68. The van der Waals surface area contributed by atoms with Crippen LogP contribution in [-0.4, -0.2) is 28.0 Å². The molecule has 19 heavy (non-hydrogen) atoms. The van der Waals surface area contributed by atoms with E-state index in [9.17, 15) is 0 Å². The minimum atomic E-state index is 0.272. The van der Waals surface area contributed by atoms with E-state index in [1.54, 1.807) is 0 Å². The van der Waals surface area contributed by atoms with E-state index in [0.717, 1.165) is 31.9 Å². The third-order valence-electron chi connectivity index (χ3n) is 3.89. The second-order valence-corrected chi connectivity index (χ2v) is 5.07. The molecule has 1 atom stereocenters. The van der Waals surface area contributed by atoms with Crippen molar-refractivity contribution in [3.63, 3.8) is 0 Å². The van der Waals surface area contributed by atoms with E-state index in [1.807, 2.05) is 12.4 Å². The summed E-state index contributed by atoms with van der Waals surface area (Å²) in [5.74, 6) is 1.57. The lowest BCUT2D eigenvalue weighted by atomic mass is 9.98.